The van der Waals surface area contributed by atoms with E-state index in [4.69, 9.17) is 5.73 Å². The number of unbranched alkanes of at least 4 members (excludes halogenated alkanes) is 1. The van der Waals surface area contributed by atoms with Crippen LogP contribution < -0.4 is 11.1 Å². The number of nitrogens with one attached hydrogen (secondary N) is 1. The molecule has 1 rings (SSSR count). The van der Waals surface area contributed by atoms with E-state index in [0.717, 1.165) is 51.1 Å². The van der Waals surface area contributed by atoms with E-state index in [1.807, 2.05) is 4.90 Å². The van der Waals surface area contributed by atoms with Gasteiger partial charge in [0.25, 0.3) is 0 Å². The number of rotatable bonds is 7. The Balaban J connectivity index is 2.73. The predicted molar refractivity (Wildman–Crippen MR) is 84.7 cm³/mol. The van der Waals surface area contributed by atoms with Gasteiger partial charge in [-0.25, -0.2) is 4.79 Å². The molecule has 4 nitrogen and oxygen atoms in total. The van der Waals surface area contributed by atoms with Crippen molar-refractivity contribution in [3.05, 3.63) is 0 Å². The molecular formula is C16H33N3O. The van der Waals surface area contributed by atoms with E-state index >= 15 is 0 Å². The lowest BCUT2D eigenvalue weighted by atomic mass is 9.76. The highest BCUT2D eigenvalue weighted by molar-refractivity contribution is 5.75. The molecule has 20 heavy (non-hydrogen) atoms. The number of hydrogen-bond acceptors (Lipinski definition) is 2. The van der Waals surface area contributed by atoms with Crippen molar-refractivity contribution in [1.82, 2.24) is 10.2 Å². The molecule has 0 aliphatic heterocycles. The topological polar surface area (TPSA) is 58.4 Å². The van der Waals surface area contributed by atoms with Crippen LogP contribution in [0, 0.1) is 5.92 Å². The normalized spacial score (nSPS) is 26.3. The fraction of sp³-hybridized carbons (Fsp3) is 0.938. The van der Waals surface area contributed by atoms with Crippen LogP contribution in [0.15, 0.2) is 0 Å². The Morgan fingerprint density at radius 3 is 2.45 bits per heavy atom. The first kappa shape index (κ1) is 17.3. The molecule has 4 heteroatoms. The van der Waals surface area contributed by atoms with E-state index in [9.17, 15) is 4.79 Å². The zero-order valence-corrected chi connectivity index (χ0v) is 13.6. The Kier molecular flexibility index (Phi) is 7.35. The van der Waals surface area contributed by atoms with Crippen molar-refractivity contribution in [2.24, 2.45) is 11.7 Å². The van der Waals surface area contributed by atoms with E-state index in [2.05, 4.69) is 26.1 Å². The van der Waals surface area contributed by atoms with Crippen LogP contribution in [0.25, 0.3) is 0 Å². The Hall–Kier alpha value is -0.770. The molecule has 2 amide bonds. The molecule has 0 bridgehead atoms. The number of carbonyl (C=O) groups excluding carboxylic acids is 1. The summed E-state index contributed by atoms with van der Waals surface area (Å²) in [6, 6.07) is 0.0836. The quantitative estimate of drug-likeness (QED) is 0.705. The third-order valence-electron chi connectivity index (χ3n) is 4.66. The molecule has 1 aliphatic rings. The number of hydrogen-bond donors (Lipinski definition) is 2. The first-order valence-corrected chi connectivity index (χ1v) is 8.35. The van der Waals surface area contributed by atoms with Crippen LogP contribution in [0.3, 0.4) is 0 Å². The first-order valence-electron chi connectivity index (χ1n) is 8.35. The van der Waals surface area contributed by atoms with Crippen molar-refractivity contribution in [2.45, 2.75) is 71.3 Å². The molecule has 0 spiro atoms. The average Bonchev–Trinajstić information content (AvgIpc) is 2.46. The van der Waals surface area contributed by atoms with Gasteiger partial charge >= 0.3 is 6.03 Å². The van der Waals surface area contributed by atoms with Gasteiger partial charge in [0.2, 0.25) is 0 Å². The summed E-state index contributed by atoms with van der Waals surface area (Å²) in [5.74, 6) is 0.765. The monoisotopic (exact) mass is 283 g/mol. The maximum atomic E-state index is 12.5. The summed E-state index contributed by atoms with van der Waals surface area (Å²) in [4.78, 5) is 14.5. The minimum Gasteiger partial charge on any atom is -0.338 e. The molecule has 1 aliphatic carbocycles. The van der Waals surface area contributed by atoms with Gasteiger partial charge in [0.05, 0.1) is 5.54 Å². The second-order valence-electron chi connectivity index (χ2n) is 6.35. The van der Waals surface area contributed by atoms with Crippen LogP contribution in [0.1, 0.15) is 65.7 Å². The highest BCUT2D eigenvalue weighted by atomic mass is 16.2. The number of urea groups is 1. The third kappa shape index (κ3) is 4.37. The van der Waals surface area contributed by atoms with Gasteiger partial charge in [-0.15, -0.1) is 0 Å². The maximum absolute atomic E-state index is 12.5. The van der Waals surface area contributed by atoms with E-state index in [0.29, 0.717) is 6.54 Å². The summed E-state index contributed by atoms with van der Waals surface area (Å²) in [6.07, 6.45) is 7.58. The number of nitrogens with zero attached hydrogens (tertiary/aromatic N) is 1. The molecular weight excluding hydrogens is 250 g/mol. The lowest BCUT2D eigenvalue weighted by molar-refractivity contribution is 0.0711. The van der Waals surface area contributed by atoms with Gasteiger partial charge in [0.15, 0.2) is 0 Å². The van der Waals surface area contributed by atoms with E-state index in [1.54, 1.807) is 0 Å². The van der Waals surface area contributed by atoms with Crippen LogP contribution in [-0.4, -0.2) is 36.1 Å². The van der Waals surface area contributed by atoms with Crippen LogP contribution in [0.5, 0.6) is 0 Å². The van der Waals surface area contributed by atoms with Gasteiger partial charge < -0.3 is 16.0 Å². The predicted octanol–water partition coefficient (Wildman–Crippen LogP) is 3.12. The van der Waals surface area contributed by atoms with Crippen molar-refractivity contribution >= 4 is 6.03 Å². The van der Waals surface area contributed by atoms with Crippen molar-refractivity contribution in [3.8, 4) is 0 Å². The van der Waals surface area contributed by atoms with Crippen LogP contribution in [-0.2, 0) is 0 Å². The Labute approximate surface area is 124 Å². The van der Waals surface area contributed by atoms with Gasteiger partial charge in [-0.2, -0.15) is 0 Å². The lowest BCUT2D eigenvalue weighted by Crippen LogP contribution is -2.60. The standard InChI is InChI=1S/C16H33N3O/c1-4-6-11-18-15(20)19(12-5-2)16(13-17)9-7-14(3)8-10-16/h14H,4-13,17H2,1-3H3,(H,18,20). The minimum atomic E-state index is -0.112. The molecule has 0 saturated heterocycles. The summed E-state index contributed by atoms with van der Waals surface area (Å²) in [7, 11) is 0. The summed E-state index contributed by atoms with van der Waals surface area (Å²) in [5.41, 5.74) is 5.97. The van der Waals surface area contributed by atoms with Gasteiger partial charge in [-0.1, -0.05) is 27.2 Å². The molecule has 118 valence electrons. The average molecular weight is 283 g/mol. The summed E-state index contributed by atoms with van der Waals surface area (Å²) < 4.78 is 0. The highest BCUT2D eigenvalue weighted by Gasteiger charge is 2.40. The molecule has 0 aromatic rings. The zero-order valence-electron chi connectivity index (χ0n) is 13.6. The Morgan fingerprint density at radius 2 is 1.95 bits per heavy atom. The van der Waals surface area contributed by atoms with Gasteiger partial charge in [-0.05, 0) is 44.4 Å². The molecule has 0 aromatic carbocycles. The van der Waals surface area contributed by atoms with Crippen LogP contribution in [0.2, 0.25) is 0 Å². The fourth-order valence-electron chi connectivity index (χ4n) is 3.13. The Bertz CT molecular complexity index is 285. The van der Waals surface area contributed by atoms with Crippen molar-refractivity contribution in [2.75, 3.05) is 19.6 Å². The minimum absolute atomic E-state index is 0.0836. The molecule has 0 atom stereocenters. The van der Waals surface area contributed by atoms with Gasteiger partial charge in [0.1, 0.15) is 0 Å². The molecule has 1 fully saturated rings. The maximum Gasteiger partial charge on any atom is 0.317 e. The zero-order chi connectivity index (χ0) is 15.0. The van der Waals surface area contributed by atoms with Crippen molar-refractivity contribution in [3.63, 3.8) is 0 Å². The molecule has 0 unspecified atom stereocenters. The SMILES string of the molecule is CCCCNC(=O)N(CCC)C1(CN)CCC(C)CC1. The molecule has 1 saturated carbocycles. The number of nitrogens with two attached hydrogens (primary N) is 1. The smallest absolute Gasteiger partial charge is 0.317 e. The molecule has 3 N–H and O–H groups in total. The summed E-state index contributed by atoms with van der Waals surface area (Å²) >= 11 is 0. The third-order valence-corrected chi connectivity index (χ3v) is 4.66. The molecule has 0 aromatic heterocycles. The second-order valence-corrected chi connectivity index (χ2v) is 6.35. The van der Waals surface area contributed by atoms with E-state index in [-0.39, 0.29) is 11.6 Å². The number of amides is 2. The van der Waals surface area contributed by atoms with E-state index in [1.165, 1.54) is 12.8 Å². The van der Waals surface area contributed by atoms with Crippen molar-refractivity contribution in [1.29, 1.82) is 0 Å². The van der Waals surface area contributed by atoms with Crippen LogP contribution >= 0.6 is 0 Å². The van der Waals surface area contributed by atoms with Crippen molar-refractivity contribution < 1.29 is 4.79 Å². The van der Waals surface area contributed by atoms with Gasteiger partial charge in [0, 0.05) is 19.6 Å². The summed E-state index contributed by atoms with van der Waals surface area (Å²) in [5, 5.41) is 3.07. The first-order chi connectivity index (χ1) is 9.59. The molecule has 0 radical (unpaired) electrons. The summed E-state index contributed by atoms with van der Waals surface area (Å²) in [6.45, 7) is 8.73. The lowest BCUT2D eigenvalue weighted by Gasteiger charge is -2.47. The fourth-order valence-corrected chi connectivity index (χ4v) is 3.13. The van der Waals surface area contributed by atoms with Gasteiger partial charge in [-0.3, -0.25) is 0 Å². The van der Waals surface area contributed by atoms with Crippen LogP contribution in [0.4, 0.5) is 4.79 Å². The van der Waals surface area contributed by atoms with E-state index < -0.39 is 0 Å². The largest absolute Gasteiger partial charge is 0.338 e. The number of carbonyl (C=O) groups is 1. The molecule has 0 heterocycles. The second kappa shape index (κ2) is 8.50. The Morgan fingerprint density at radius 1 is 1.30 bits per heavy atom. The highest BCUT2D eigenvalue weighted by Crippen LogP contribution is 2.36.